The summed E-state index contributed by atoms with van der Waals surface area (Å²) in [6.45, 7) is 0.997. The predicted octanol–water partition coefficient (Wildman–Crippen LogP) is 2.89. The standard InChI is InChI=1S/C18H25FN2O3/c19-13-7-8-14-15(5-3-9-24-17(14)10-13)21-18(23)20-11-12-4-1-2-6-16(12)22/h7-8,10,12,15-16,22H,1-6,9,11H2,(H2,20,21,23). The number of rotatable bonds is 3. The minimum atomic E-state index is -0.342. The van der Waals surface area contributed by atoms with Crippen molar-refractivity contribution in [2.45, 2.75) is 50.7 Å². The second-order valence-electron chi connectivity index (χ2n) is 6.69. The number of carbonyl (C=O) groups excluding carboxylic acids is 1. The summed E-state index contributed by atoms with van der Waals surface area (Å²) in [5.41, 5.74) is 0.807. The summed E-state index contributed by atoms with van der Waals surface area (Å²) in [6, 6.07) is 3.98. The number of carbonyl (C=O) groups is 1. The number of aliphatic hydroxyl groups is 1. The van der Waals surface area contributed by atoms with Gasteiger partial charge in [-0.15, -0.1) is 0 Å². The van der Waals surface area contributed by atoms with Gasteiger partial charge in [0, 0.05) is 24.1 Å². The van der Waals surface area contributed by atoms with E-state index in [1.165, 1.54) is 12.1 Å². The van der Waals surface area contributed by atoms with E-state index in [0.29, 0.717) is 18.9 Å². The average Bonchev–Trinajstić information content (AvgIpc) is 2.76. The summed E-state index contributed by atoms with van der Waals surface area (Å²) in [7, 11) is 0. The Bertz CT molecular complexity index is 581. The van der Waals surface area contributed by atoms with Crippen LogP contribution in [0.1, 0.15) is 50.1 Å². The lowest BCUT2D eigenvalue weighted by Crippen LogP contribution is -2.42. The summed E-state index contributed by atoms with van der Waals surface area (Å²) >= 11 is 0. The van der Waals surface area contributed by atoms with Gasteiger partial charge in [0.05, 0.1) is 18.8 Å². The molecule has 1 aromatic rings. The van der Waals surface area contributed by atoms with Crippen molar-refractivity contribution in [2.75, 3.05) is 13.2 Å². The molecule has 1 heterocycles. The fraction of sp³-hybridized carbons (Fsp3) is 0.611. The second-order valence-corrected chi connectivity index (χ2v) is 6.69. The Morgan fingerprint density at radius 1 is 1.25 bits per heavy atom. The third-order valence-corrected chi connectivity index (χ3v) is 4.94. The van der Waals surface area contributed by atoms with Gasteiger partial charge < -0.3 is 20.5 Å². The average molecular weight is 336 g/mol. The van der Waals surface area contributed by atoms with Gasteiger partial charge >= 0.3 is 6.03 Å². The smallest absolute Gasteiger partial charge is 0.315 e. The molecule has 132 valence electrons. The molecule has 0 aromatic heterocycles. The Hall–Kier alpha value is -1.82. The van der Waals surface area contributed by atoms with Crippen molar-refractivity contribution >= 4 is 6.03 Å². The van der Waals surface area contributed by atoms with E-state index in [9.17, 15) is 14.3 Å². The normalized spacial score (nSPS) is 26.7. The first-order valence-electron chi connectivity index (χ1n) is 8.78. The van der Waals surface area contributed by atoms with Gasteiger partial charge in [-0.05, 0) is 31.7 Å². The quantitative estimate of drug-likeness (QED) is 0.795. The predicted molar refractivity (Wildman–Crippen MR) is 88.4 cm³/mol. The van der Waals surface area contributed by atoms with Crippen LogP contribution in [0.3, 0.4) is 0 Å². The monoisotopic (exact) mass is 336 g/mol. The zero-order chi connectivity index (χ0) is 16.9. The zero-order valence-corrected chi connectivity index (χ0v) is 13.8. The number of nitrogens with one attached hydrogen (secondary N) is 2. The maximum absolute atomic E-state index is 13.4. The van der Waals surface area contributed by atoms with Gasteiger partial charge in [-0.2, -0.15) is 0 Å². The van der Waals surface area contributed by atoms with Crippen LogP contribution in [0.2, 0.25) is 0 Å². The van der Waals surface area contributed by atoms with E-state index in [0.717, 1.165) is 44.1 Å². The highest BCUT2D eigenvalue weighted by atomic mass is 19.1. The van der Waals surface area contributed by atoms with Crippen molar-refractivity contribution in [1.82, 2.24) is 10.6 Å². The highest BCUT2D eigenvalue weighted by molar-refractivity contribution is 5.74. The molecular weight excluding hydrogens is 311 g/mol. The van der Waals surface area contributed by atoms with Gasteiger partial charge in [-0.1, -0.05) is 18.9 Å². The summed E-state index contributed by atoms with van der Waals surface area (Å²) < 4.78 is 18.9. The van der Waals surface area contributed by atoms with Gasteiger partial charge in [-0.25, -0.2) is 9.18 Å². The number of hydrogen-bond acceptors (Lipinski definition) is 3. The number of aliphatic hydroxyl groups excluding tert-OH is 1. The van der Waals surface area contributed by atoms with Crippen molar-refractivity contribution < 1.29 is 19.0 Å². The first-order chi connectivity index (χ1) is 11.6. The highest BCUT2D eigenvalue weighted by Gasteiger charge is 2.25. The van der Waals surface area contributed by atoms with Crippen molar-refractivity contribution in [3.8, 4) is 5.75 Å². The second kappa shape index (κ2) is 7.83. The molecule has 0 bridgehead atoms. The number of ether oxygens (including phenoxy) is 1. The van der Waals surface area contributed by atoms with E-state index < -0.39 is 0 Å². The highest BCUT2D eigenvalue weighted by Crippen LogP contribution is 2.32. The van der Waals surface area contributed by atoms with Crippen molar-refractivity contribution in [3.63, 3.8) is 0 Å². The molecule has 1 aliphatic heterocycles. The molecule has 5 nitrogen and oxygen atoms in total. The van der Waals surface area contributed by atoms with E-state index in [-0.39, 0.29) is 29.9 Å². The van der Waals surface area contributed by atoms with E-state index in [4.69, 9.17) is 4.74 Å². The lowest BCUT2D eigenvalue weighted by molar-refractivity contribution is 0.0708. The van der Waals surface area contributed by atoms with Gasteiger partial charge in [-0.3, -0.25) is 0 Å². The molecule has 1 fully saturated rings. The van der Waals surface area contributed by atoms with Crippen LogP contribution in [0.5, 0.6) is 5.75 Å². The summed E-state index contributed by atoms with van der Waals surface area (Å²) in [4.78, 5) is 12.2. The molecule has 1 aromatic carbocycles. The molecule has 3 atom stereocenters. The molecule has 3 N–H and O–H groups in total. The maximum Gasteiger partial charge on any atom is 0.315 e. The Morgan fingerprint density at radius 2 is 2.08 bits per heavy atom. The number of hydrogen-bond donors (Lipinski definition) is 3. The van der Waals surface area contributed by atoms with Crippen LogP contribution in [-0.4, -0.2) is 30.4 Å². The van der Waals surface area contributed by atoms with Crippen LogP contribution >= 0.6 is 0 Å². The Balaban J connectivity index is 1.58. The molecule has 0 radical (unpaired) electrons. The maximum atomic E-state index is 13.4. The molecule has 0 saturated heterocycles. The van der Waals surface area contributed by atoms with Crippen LogP contribution in [0, 0.1) is 11.7 Å². The Labute approximate surface area is 141 Å². The SMILES string of the molecule is O=C(NCC1CCCCC1O)NC1CCCOc2cc(F)ccc21. The van der Waals surface area contributed by atoms with Gasteiger partial charge in [0.1, 0.15) is 11.6 Å². The van der Waals surface area contributed by atoms with E-state index >= 15 is 0 Å². The van der Waals surface area contributed by atoms with Crippen LogP contribution in [0.25, 0.3) is 0 Å². The first kappa shape index (κ1) is 17.0. The topological polar surface area (TPSA) is 70.6 Å². The van der Waals surface area contributed by atoms with E-state index in [1.807, 2.05) is 0 Å². The molecule has 2 aliphatic rings. The Kier molecular flexibility index (Phi) is 5.56. The molecular formula is C18H25FN2O3. The summed E-state index contributed by atoms with van der Waals surface area (Å²) in [6.07, 6.45) is 5.13. The lowest BCUT2D eigenvalue weighted by Gasteiger charge is -2.28. The van der Waals surface area contributed by atoms with Crippen molar-refractivity contribution in [2.24, 2.45) is 5.92 Å². The number of amides is 2. The van der Waals surface area contributed by atoms with E-state index in [1.54, 1.807) is 6.07 Å². The fourth-order valence-electron chi connectivity index (χ4n) is 3.56. The molecule has 0 spiro atoms. The van der Waals surface area contributed by atoms with Gasteiger partial charge in [0.25, 0.3) is 0 Å². The van der Waals surface area contributed by atoms with Crippen LogP contribution < -0.4 is 15.4 Å². The van der Waals surface area contributed by atoms with Gasteiger partial charge in [0.15, 0.2) is 0 Å². The van der Waals surface area contributed by atoms with Gasteiger partial charge in [0.2, 0.25) is 0 Å². The third kappa shape index (κ3) is 4.17. The van der Waals surface area contributed by atoms with Crippen LogP contribution in [0.4, 0.5) is 9.18 Å². The molecule has 6 heteroatoms. The minimum absolute atomic E-state index is 0.128. The fourth-order valence-corrected chi connectivity index (χ4v) is 3.56. The summed E-state index contributed by atoms with van der Waals surface area (Å²) in [5, 5.41) is 15.8. The molecule has 24 heavy (non-hydrogen) atoms. The number of fused-ring (bicyclic) bond motifs is 1. The summed E-state index contributed by atoms with van der Waals surface area (Å²) in [5.74, 6) is 0.286. The Morgan fingerprint density at radius 3 is 2.92 bits per heavy atom. The zero-order valence-electron chi connectivity index (χ0n) is 13.8. The molecule has 2 amide bonds. The van der Waals surface area contributed by atoms with Crippen molar-refractivity contribution in [3.05, 3.63) is 29.6 Å². The van der Waals surface area contributed by atoms with Crippen molar-refractivity contribution in [1.29, 1.82) is 0 Å². The minimum Gasteiger partial charge on any atom is -0.493 e. The number of urea groups is 1. The number of halogens is 1. The van der Waals surface area contributed by atoms with Crippen LogP contribution in [0.15, 0.2) is 18.2 Å². The number of benzene rings is 1. The van der Waals surface area contributed by atoms with Crippen LogP contribution in [-0.2, 0) is 0 Å². The lowest BCUT2D eigenvalue weighted by atomic mass is 9.86. The third-order valence-electron chi connectivity index (χ3n) is 4.94. The largest absolute Gasteiger partial charge is 0.493 e. The first-order valence-corrected chi connectivity index (χ1v) is 8.78. The molecule has 1 aliphatic carbocycles. The van der Waals surface area contributed by atoms with E-state index in [2.05, 4.69) is 10.6 Å². The molecule has 3 unspecified atom stereocenters. The molecule has 3 rings (SSSR count). The molecule has 1 saturated carbocycles.